The quantitative estimate of drug-likeness (QED) is 0.260. The van der Waals surface area contributed by atoms with Crippen molar-refractivity contribution in [2.75, 3.05) is 13.2 Å². The summed E-state index contributed by atoms with van der Waals surface area (Å²) in [6.07, 6.45) is 4.22. The third-order valence-corrected chi connectivity index (χ3v) is 5.83. The molecular weight excluding hydrogens is 392 g/mol. The number of benzene rings is 1. The van der Waals surface area contributed by atoms with Crippen LogP contribution in [-0.4, -0.2) is 52.7 Å². The van der Waals surface area contributed by atoms with Gasteiger partial charge < -0.3 is 25.3 Å². The number of carbonyl (C=O) groups is 3. The molecule has 7 nitrogen and oxygen atoms in total. The highest BCUT2D eigenvalue weighted by atomic mass is 32.1. The van der Waals surface area contributed by atoms with E-state index in [9.17, 15) is 19.5 Å². The van der Waals surface area contributed by atoms with E-state index in [0.717, 1.165) is 18.4 Å². The maximum absolute atomic E-state index is 12.7. The van der Waals surface area contributed by atoms with Gasteiger partial charge in [-0.3, -0.25) is 9.59 Å². The number of amides is 1. The molecule has 160 valence electrons. The molecule has 1 unspecified atom stereocenters. The second kappa shape index (κ2) is 10.1. The molecule has 1 saturated carbocycles. The van der Waals surface area contributed by atoms with Crippen molar-refractivity contribution in [3.05, 3.63) is 29.8 Å². The zero-order valence-corrected chi connectivity index (χ0v) is 17.8. The highest BCUT2D eigenvalue weighted by Crippen LogP contribution is 2.35. The third kappa shape index (κ3) is 6.47. The van der Waals surface area contributed by atoms with Crippen LogP contribution < -0.4 is 10.6 Å². The number of phenols is 1. The van der Waals surface area contributed by atoms with Crippen LogP contribution in [0.2, 0.25) is 0 Å². The summed E-state index contributed by atoms with van der Waals surface area (Å²) in [5.74, 6) is -0.569. The molecule has 0 spiro atoms. The average molecular weight is 423 g/mol. The Morgan fingerprint density at radius 2 is 1.93 bits per heavy atom. The first-order chi connectivity index (χ1) is 13.7. The van der Waals surface area contributed by atoms with Gasteiger partial charge in [0, 0.05) is 6.54 Å². The molecule has 1 aliphatic carbocycles. The number of phenolic OH excluding ortho intramolecular Hbond substituents is 1. The molecular formula is C21H30N2O5S. The van der Waals surface area contributed by atoms with Gasteiger partial charge in [-0.15, -0.1) is 0 Å². The molecule has 0 radical (unpaired) electrons. The SMILES string of the molecule is CCOC(=O)[C@H](Cc1ccc(O)cc1)NCC(C)(C=O)NC(=O)C1(S)CCCC1. The summed E-state index contributed by atoms with van der Waals surface area (Å²) < 4.78 is 4.39. The smallest absolute Gasteiger partial charge is 0.323 e. The fourth-order valence-electron chi connectivity index (χ4n) is 3.36. The zero-order chi connectivity index (χ0) is 21.5. The number of aldehydes is 1. The number of rotatable bonds is 10. The molecule has 8 heteroatoms. The van der Waals surface area contributed by atoms with E-state index in [1.807, 2.05) is 0 Å². The second-order valence-corrected chi connectivity index (χ2v) is 8.64. The fourth-order valence-corrected chi connectivity index (χ4v) is 3.73. The molecule has 1 aliphatic rings. The van der Waals surface area contributed by atoms with Crippen LogP contribution in [0.5, 0.6) is 5.75 Å². The van der Waals surface area contributed by atoms with Gasteiger partial charge in [0.25, 0.3) is 0 Å². The molecule has 0 bridgehead atoms. The number of esters is 1. The lowest BCUT2D eigenvalue weighted by molar-refractivity contribution is -0.145. The minimum atomic E-state index is -1.19. The number of carbonyl (C=O) groups excluding carboxylic acids is 3. The molecule has 0 aromatic heterocycles. The summed E-state index contributed by atoms with van der Waals surface area (Å²) in [6, 6.07) is 5.82. The number of hydrogen-bond acceptors (Lipinski definition) is 7. The summed E-state index contributed by atoms with van der Waals surface area (Å²) in [5.41, 5.74) is -0.361. The number of nitrogens with one attached hydrogen (secondary N) is 2. The van der Waals surface area contributed by atoms with Crippen molar-refractivity contribution in [2.24, 2.45) is 0 Å². The van der Waals surface area contributed by atoms with Crippen molar-refractivity contribution in [1.82, 2.24) is 10.6 Å². The maximum atomic E-state index is 12.7. The average Bonchev–Trinajstić information content (AvgIpc) is 3.15. The van der Waals surface area contributed by atoms with E-state index >= 15 is 0 Å². The highest BCUT2D eigenvalue weighted by molar-refractivity contribution is 7.82. The van der Waals surface area contributed by atoms with Gasteiger partial charge in [-0.2, -0.15) is 12.6 Å². The van der Waals surface area contributed by atoms with E-state index in [1.165, 1.54) is 0 Å². The molecule has 29 heavy (non-hydrogen) atoms. The van der Waals surface area contributed by atoms with Crippen molar-refractivity contribution in [3.63, 3.8) is 0 Å². The first-order valence-corrected chi connectivity index (χ1v) is 10.4. The first-order valence-electron chi connectivity index (χ1n) is 9.90. The molecule has 2 atom stereocenters. The lowest BCUT2D eigenvalue weighted by atomic mass is 9.99. The van der Waals surface area contributed by atoms with Crippen LogP contribution in [-0.2, 0) is 25.5 Å². The summed E-state index contributed by atoms with van der Waals surface area (Å²) in [4.78, 5) is 36.8. The van der Waals surface area contributed by atoms with E-state index in [4.69, 9.17) is 4.74 Å². The van der Waals surface area contributed by atoms with Crippen LogP contribution in [0.3, 0.4) is 0 Å². The molecule has 0 aliphatic heterocycles. The van der Waals surface area contributed by atoms with Gasteiger partial charge in [-0.05, 0) is 50.8 Å². The Kier molecular flexibility index (Phi) is 8.10. The predicted molar refractivity (Wildman–Crippen MR) is 113 cm³/mol. The number of hydrogen-bond donors (Lipinski definition) is 4. The van der Waals surface area contributed by atoms with Crippen LogP contribution in [0, 0.1) is 0 Å². The predicted octanol–water partition coefficient (Wildman–Crippen LogP) is 1.77. The molecule has 3 N–H and O–H groups in total. The summed E-state index contributed by atoms with van der Waals surface area (Å²) in [5, 5.41) is 15.3. The topological polar surface area (TPSA) is 105 Å². The van der Waals surface area contributed by atoms with E-state index < -0.39 is 22.3 Å². The Labute approximate surface area is 177 Å². The van der Waals surface area contributed by atoms with Crippen molar-refractivity contribution in [1.29, 1.82) is 0 Å². The lowest BCUT2D eigenvalue weighted by Crippen LogP contribution is -2.59. The Hall–Kier alpha value is -2.06. The van der Waals surface area contributed by atoms with Crippen LogP contribution in [0.4, 0.5) is 0 Å². The van der Waals surface area contributed by atoms with E-state index in [2.05, 4.69) is 23.3 Å². The molecule has 1 aromatic rings. The Morgan fingerprint density at radius 1 is 1.31 bits per heavy atom. The summed E-state index contributed by atoms with van der Waals surface area (Å²) >= 11 is 4.53. The van der Waals surface area contributed by atoms with Crippen molar-refractivity contribution in [3.8, 4) is 5.75 Å². The second-order valence-electron chi connectivity index (χ2n) is 7.78. The Morgan fingerprint density at radius 3 is 2.48 bits per heavy atom. The summed E-state index contributed by atoms with van der Waals surface area (Å²) in [6.45, 7) is 3.63. The maximum Gasteiger partial charge on any atom is 0.323 e. The minimum Gasteiger partial charge on any atom is -0.508 e. The standard InChI is InChI=1S/C21H30N2O5S/c1-3-28-18(26)17(12-15-6-8-16(25)9-7-15)22-13-20(2,14-24)23-19(27)21(29)10-4-5-11-21/h6-9,14,17,22,25,29H,3-5,10-13H2,1-2H3,(H,23,27)/t17-,20?/m0/s1. The highest BCUT2D eigenvalue weighted by Gasteiger charge is 2.41. The van der Waals surface area contributed by atoms with Crippen LogP contribution >= 0.6 is 12.6 Å². The van der Waals surface area contributed by atoms with E-state index in [-0.39, 0.29) is 24.8 Å². The van der Waals surface area contributed by atoms with Gasteiger partial charge in [-0.25, -0.2) is 0 Å². The minimum absolute atomic E-state index is 0.0632. The molecule has 1 fully saturated rings. The Balaban J connectivity index is 2.05. The molecule has 1 aromatic carbocycles. The number of thiol groups is 1. The summed E-state index contributed by atoms with van der Waals surface area (Å²) in [7, 11) is 0. The van der Waals surface area contributed by atoms with Gasteiger partial charge >= 0.3 is 5.97 Å². The molecule has 2 rings (SSSR count). The van der Waals surface area contributed by atoms with Crippen molar-refractivity contribution >= 4 is 30.8 Å². The van der Waals surface area contributed by atoms with Crippen LogP contribution in [0.25, 0.3) is 0 Å². The first kappa shape index (κ1) is 23.2. The molecule has 1 amide bonds. The van der Waals surface area contributed by atoms with Gasteiger partial charge in [0.15, 0.2) is 0 Å². The zero-order valence-electron chi connectivity index (χ0n) is 16.9. The monoisotopic (exact) mass is 422 g/mol. The van der Waals surface area contributed by atoms with Gasteiger partial charge in [0.2, 0.25) is 5.91 Å². The van der Waals surface area contributed by atoms with Crippen LogP contribution in [0.1, 0.15) is 45.1 Å². The third-order valence-electron chi connectivity index (χ3n) is 5.18. The largest absolute Gasteiger partial charge is 0.508 e. The molecule has 0 saturated heterocycles. The van der Waals surface area contributed by atoms with E-state index in [0.29, 0.717) is 25.5 Å². The van der Waals surface area contributed by atoms with Gasteiger partial charge in [0.1, 0.15) is 23.6 Å². The fraction of sp³-hybridized carbons (Fsp3) is 0.571. The molecule has 0 heterocycles. The van der Waals surface area contributed by atoms with Gasteiger partial charge in [0.05, 0.1) is 11.4 Å². The van der Waals surface area contributed by atoms with Gasteiger partial charge in [-0.1, -0.05) is 25.0 Å². The Bertz CT molecular complexity index is 718. The van der Waals surface area contributed by atoms with Crippen LogP contribution in [0.15, 0.2) is 24.3 Å². The van der Waals surface area contributed by atoms with Crippen molar-refractivity contribution in [2.45, 2.75) is 62.3 Å². The normalized spacial score (nSPS) is 18.4. The van der Waals surface area contributed by atoms with Crippen molar-refractivity contribution < 1.29 is 24.2 Å². The van der Waals surface area contributed by atoms with E-state index in [1.54, 1.807) is 38.1 Å². The lowest BCUT2D eigenvalue weighted by Gasteiger charge is -2.31. The number of ether oxygens (including phenoxy) is 1. The number of aromatic hydroxyl groups is 1.